The molecule has 21 heavy (non-hydrogen) atoms. The van der Waals surface area contributed by atoms with Gasteiger partial charge in [0.1, 0.15) is 5.69 Å². The molecule has 1 heterocycles. The maximum Gasteiger partial charge on any atom is 0.271 e. The molecule has 1 aromatic rings. The van der Waals surface area contributed by atoms with Crippen LogP contribution in [-0.2, 0) is 0 Å². The number of nitrogens with zero attached hydrogens (tertiary/aromatic N) is 1. The van der Waals surface area contributed by atoms with E-state index in [0.717, 1.165) is 12.8 Å². The quantitative estimate of drug-likeness (QED) is 0.790. The third-order valence-electron chi connectivity index (χ3n) is 3.60. The maximum atomic E-state index is 12.4. The van der Waals surface area contributed by atoms with Gasteiger partial charge in [-0.05, 0) is 25.0 Å². The predicted octanol–water partition coefficient (Wildman–Crippen LogP) is 2.37. The van der Waals surface area contributed by atoms with Gasteiger partial charge in [-0.1, -0.05) is 38.5 Å². The first-order valence-corrected chi connectivity index (χ1v) is 7.49. The highest BCUT2D eigenvalue weighted by molar-refractivity contribution is 5.94. The summed E-state index contributed by atoms with van der Waals surface area (Å²) < 4.78 is 0. The van der Waals surface area contributed by atoms with Crippen molar-refractivity contribution in [2.45, 2.75) is 46.1 Å². The van der Waals surface area contributed by atoms with Gasteiger partial charge < -0.3 is 10.4 Å². The van der Waals surface area contributed by atoms with Crippen LogP contribution in [0.15, 0.2) is 18.3 Å². The molecule has 0 saturated heterocycles. The zero-order valence-electron chi connectivity index (χ0n) is 13.0. The summed E-state index contributed by atoms with van der Waals surface area (Å²) in [5, 5.41) is 11.8. The minimum absolute atomic E-state index is 0.0144. The zero-order chi connectivity index (χ0) is 15.7. The SMILES string of the molecule is CCC(CC)C(C)NC(=O)c1ncccc1C#CCCO. The first-order valence-electron chi connectivity index (χ1n) is 7.49. The van der Waals surface area contributed by atoms with E-state index in [4.69, 9.17) is 5.11 Å². The van der Waals surface area contributed by atoms with Crippen molar-refractivity contribution in [2.75, 3.05) is 6.61 Å². The Morgan fingerprint density at radius 3 is 2.76 bits per heavy atom. The molecule has 4 nitrogen and oxygen atoms in total. The van der Waals surface area contributed by atoms with Crippen LogP contribution in [0, 0.1) is 17.8 Å². The molecule has 0 aliphatic heterocycles. The van der Waals surface area contributed by atoms with E-state index in [9.17, 15) is 4.79 Å². The van der Waals surface area contributed by atoms with Crippen molar-refractivity contribution in [1.29, 1.82) is 0 Å². The fourth-order valence-electron chi connectivity index (χ4n) is 2.29. The lowest BCUT2D eigenvalue weighted by Crippen LogP contribution is -2.38. The molecular formula is C17H24N2O2. The van der Waals surface area contributed by atoms with E-state index in [1.54, 1.807) is 18.3 Å². The molecule has 2 N–H and O–H groups in total. The van der Waals surface area contributed by atoms with E-state index in [-0.39, 0.29) is 18.6 Å². The Kier molecular flexibility index (Phi) is 7.49. The van der Waals surface area contributed by atoms with Gasteiger partial charge in [0.05, 0.1) is 12.2 Å². The smallest absolute Gasteiger partial charge is 0.271 e. The number of hydrogen-bond donors (Lipinski definition) is 2. The molecule has 0 radical (unpaired) electrons. The number of aliphatic hydroxyl groups is 1. The second-order valence-corrected chi connectivity index (χ2v) is 5.01. The highest BCUT2D eigenvalue weighted by Gasteiger charge is 2.18. The summed E-state index contributed by atoms with van der Waals surface area (Å²) >= 11 is 0. The van der Waals surface area contributed by atoms with Crippen LogP contribution in [0.3, 0.4) is 0 Å². The number of aromatic nitrogens is 1. The highest BCUT2D eigenvalue weighted by atomic mass is 16.2. The van der Waals surface area contributed by atoms with Gasteiger partial charge in [0.15, 0.2) is 0 Å². The van der Waals surface area contributed by atoms with Gasteiger partial charge in [0.25, 0.3) is 5.91 Å². The number of aliphatic hydroxyl groups excluding tert-OH is 1. The van der Waals surface area contributed by atoms with Crippen molar-refractivity contribution < 1.29 is 9.90 Å². The van der Waals surface area contributed by atoms with Crippen molar-refractivity contribution in [1.82, 2.24) is 10.3 Å². The van der Waals surface area contributed by atoms with E-state index in [1.807, 2.05) is 6.92 Å². The number of carbonyl (C=O) groups is 1. The monoisotopic (exact) mass is 288 g/mol. The lowest BCUT2D eigenvalue weighted by atomic mass is 9.95. The van der Waals surface area contributed by atoms with Crippen molar-refractivity contribution in [3.8, 4) is 11.8 Å². The molecular weight excluding hydrogens is 264 g/mol. The number of pyridine rings is 1. The van der Waals surface area contributed by atoms with Gasteiger partial charge in [-0.15, -0.1) is 0 Å². The Labute approximate surface area is 127 Å². The molecule has 0 bridgehead atoms. The fraction of sp³-hybridized carbons (Fsp3) is 0.529. The van der Waals surface area contributed by atoms with Crippen molar-refractivity contribution >= 4 is 5.91 Å². The molecule has 0 aliphatic carbocycles. The van der Waals surface area contributed by atoms with Crippen LogP contribution in [-0.4, -0.2) is 28.6 Å². The summed E-state index contributed by atoms with van der Waals surface area (Å²) in [6, 6.07) is 3.63. The van der Waals surface area contributed by atoms with Gasteiger partial charge in [-0.25, -0.2) is 4.98 Å². The van der Waals surface area contributed by atoms with E-state index in [2.05, 4.69) is 36.0 Å². The Morgan fingerprint density at radius 2 is 2.14 bits per heavy atom. The second kappa shape index (κ2) is 9.15. The normalized spacial score (nSPS) is 11.7. The molecule has 1 atom stereocenters. The molecule has 4 heteroatoms. The maximum absolute atomic E-state index is 12.4. The van der Waals surface area contributed by atoms with Crippen molar-refractivity contribution in [3.05, 3.63) is 29.6 Å². The summed E-state index contributed by atoms with van der Waals surface area (Å²) in [6.45, 7) is 6.29. The van der Waals surface area contributed by atoms with Gasteiger partial charge in [0.2, 0.25) is 0 Å². The molecule has 1 unspecified atom stereocenters. The van der Waals surface area contributed by atoms with Crippen LogP contribution in [0.25, 0.3) is 0 Å². The Bertz CT molecular complexity index is 513. The standard InChI is InChI=1S/C17H24N2O2/c1-4-14(5-2)13(3)19-17(21)16-15(9-6-7-12-20)10-8-11-18-16/h8,10-11,13-14,20H,4-5,7,12H2,1-3H3,(H,19,21). The van der Waals surface area contributed by atoms with Crippen LogP contribution in [0.5, 0.6) is 0 Å². The summed E-state index contributed by atoms with van der Waals surface area (Å²) in [7, 11) is 0. The molecule has 0 spiro atoms. The van der Waals surface area contributed by atoms with E-state index in [1.165, 1.54) is 0 Å². The number of carbonyl (C=O) groups excluding carboxylic acids is 1. The fourth-order valence-corrected chi connectivity index (χ4v) is 2.29. The average Bonchev–Trinajstić information content (AvgIpc) is 2.49. The van der Waals surface area contributed by atoms with Gasteiger partial charge in [-0.2, -0.15) is 0 Å². The van der Waals surface area contributed by atoms with Crippen molar-refractivity contribution in [3.63, 3.8) is 0 Å². The molecule has 0 fully saturated rings. The number of amides is 1. The minimum Gasteiger partial charge on any atom is -0.395 e. The van der Waals surface area contributed by atoms with Crippen LogP contribution < -0.4 is 5.32 Å². The molecule has 0 aliphatic rings. The summed E-state index contributed by atoms with van der Waals surface area (Å²) in [6.07, 6.45) is 4.04. The van der Waals surface area contributed by atoms with E-state index in [0.29, 0.717) is 23.6 Å². The molecule has 0 aromatic carbocycles. The van der Waals surface area contributed by atoms with Crippen molar-refractivity contribution in [2.24, 2.45) is 5.92 Å². The lowest BCUT2D eigenvalue weighted by molar-refractivity contribution is 0.0920. The first kappa shape index (κ1) is 17.2. The Balaban J connectivity index is 2.86. The summed E-state index contributed by atoms with van der Waals surface area (Å²) in [4.78, 5) is 16.5. The third kappa shape index (κ3) is 5.20. The highest BCUT2D eigenvalue weighted by Crippen LogP contribution is 2.13. The Hall–Kier alpha value is -1.86. The van der Waals surface area contributed by atoms with Gasteiger partial charge in [0, 0.05) is 18.7 Å². The van der Waals surface area contributed by atoms with E-state index >= 15 is 0 Å². The first-order chi connectivity index (χ1) is 10.1. The van der Waals surface area contributed by atoms with Gasteiger partial charge in [-0.3, -0.25) is 4.79 Å². The second-order valence-electron chi connectivity index (χ2n) is 5.01. The van der Waals surface area contributed by atoms with E-state index < -0.39 is 0 Å². The van der Waals surface area contributed by atoms with Gasteiger partial charge >= 0.3 is 0 Å². The molecule has 0 saturated carbocycles. The Morgan fingerprint density at radius 1 is 1.43 bits per heavy atom. The molecule has 1 amide bonds. The lowest BCUT2D eigenvalue weighted by Gasteiger charge is -2.22. The topological polar surface area (TPSA) is 62.2 Å². The average molecular weight is 288 g/mol. The van der Waals surface area contributed by atoms with Crippen LogP contribution >= 0.6 is 0 Å². The zero-order valence-corrected chi connectivity index (χ0v) is 13.0. The predicted molar refractivity (Wildman–Crippen MR) is 83.8 cm³/mol. The third-order valence-corrected chi connectivity index (χ3v) is 3.60. The largest absolute Gasteiger partial charge is 0.395 e. The number of rotatable bonds is 6. The van der Waals surface area contributed by atoms with Crippen LogP contribution in [0.2, 0.25) is 0 Å². The number of nitrogens with one attached hydrogen (secondary N) is 1. The van der Waals surface area contributed by atoms with Crippen LogP contribution in [0.1, 0.15) is 56.1 Å². The minimum atomic E-state index is -0.191. The number of hydrogen-bond acceptors (Lipinski definition) is 3. The van der Waals surface area contributed by atoms with Crippen LogP contribution in [0.4, 0.5) is 0 Å². The molecule has 1 aromatic heterocycles. The molecule has 114 valence electrons. The summed E-state index contributed by atoms with van der Waals surface area (Å²) in [5.41, 5.74) is 0.945. The summed E-state index contributed by atoms with van der Waals surface area (Å²) in [5.74, 6) is 5.99. The molecule has 1 rings (SSSR count).